The van der Waals surface area contributed by atoms with Crippen molar-refractivity contribution in [1.29, 1.82) is 0 Å². The van der Waals surface area contributed by atoms with Gasteiger partial charge in [-0.2, -0.15) is 0 Å². The Morgan fingerprint density at radius 1 is 0.784 bits per heavy atom. The third-order valence-corrected chi connectivity index (χ3v) is 25.9. The molecule has 0 unspecified atom stereocenters. The predicted octanol–water partition coefficient (Wildman–Crippen LogP) is 9.75. The Morgan fingerprint density at radius 3 is 1.93 bits per heavy atom. The normalized spacial score (nSPS) is 33.1. The van der Waals surface area contributed by atoms with Gasteiger partial charge < -0.3 is 56.2 Å². The smallest absolute Gasteiger partial charge is 0.330 e. The molecule has 0 aromatic carbocycles. The average molecular weight is 1080 g/mol. The van der Waals surface area contributed by atoms with Crippen LogP contribution in [0.1, 0.15) is 141 Å². The van der Waals surface area contributed by atoms with Crippen molar-refractivity contribution in [3.8, 4) is 0 Å². The second-order valence-electron chi connectivity index (χ2n) is 23.4. The summed E-state index contributed by atoms with van der Waals surface area (Å²) in [6.45, 7) is 29.2. The lowest BCUT2D eigenvalue weighted by Crippen LogP contribution is -2.63. The number of cyclic esters (lactones) is 1. The van der Waals surface area contributed by atoms with E-state index in [2.05, 4.69) is 54.6 Å². The average Bonchev–Trinajstić information content (AvgIpc) is 3.30. The van der Waals surface area contributed by atoms with Gasteiger partial charge in [-0.25, -0.2) is 9.59 Å². The van der Waals surface area contributed by atoms with Crippen LogP contribution in [-0.2, 0) is 80.2 Å². The Balaban J connectivity index is 2.07. The third kappa shape index (κ3) is 14.8. The van der Waals surface area contributed by atoms with Gasteiger partial charge in [0.15, 0.2) is 28.5 Å². The van der Waals surface area contributed by atoms with Crippen LogP contribution in [-0.4, -0.2) is 141 Å². The maximum absolute atomic E-state index is 14.9. The highest BCUT2D eigenvalue weighted by Crippen LogP contribution is 2.53. The number of hydrogen-bond donors (Lipinski definition) is 0. The first-order chi connectivity index (χ1) is 34.3. The van der Waals surface area contributed by atoms with Crippen molar-refractivity contribution in [2.24, 2.45) is 10.8 Å². The quantitative estimate of drug-likeness (QED) is 0.0523. The lowest BCUT2D eigenvalue weighted by Gasteiger charge is -2.55. The number of fused-ring (bicyclic) bond motifs is 6. The second-order valence-corrected chi connectivity index (χ2v) is 32.9. The van der Waals surface area contributed by atoms with E-state index < -0.39 is 124 Å². The number of ether oxygens (including phenoxy) is 10. The molecule has 11 atom stereocenters. The summed E-state index contributed by atoms with van der Waals surface area (Å²) in [6, 6.07) is 2.43. The molecular formula is C55H92O17Si2. The van der Waals surface area contributed by atoms with Gasteiger partial charge in [0.25, 0.3) is 0 Å². The lowest BCUT2D eigenvalue weighted by atomic mass is 9.70. The topological polar surface area (TPSA) is 196 Å². The molecule has 0 aromatic heterocycles. The molecule has 0 saturated carbocycles. The Labute approximate surface area is 444 Å². The van der Waals surface area contributed by atoms with Gasteiger partial charge in [0.2, 0.25) is 5.79 Å². The van der Waals surface area contributed by atoms with Crippen molar-refractivity contribution >= 4 is 46.5 Å². The van der Waals surface area contributed by atoms with E-state index >= 15 is 0 Å². The third-order valence-electron chi connectivity index (χ3n) is 16.7. The van der Waals surface area contributed by atoms with Crippen LogP contribution in [0.3, 0.4) is 0 Å². The summed E-state index contributed by atoms with van der Waals surface area (Å²) in [6.07, 6.45) is 0.919. The van der Waals surface area contributed by atoms with Crippen LogP contribution in [0.2, 0.25) is 36.3 Å². The molecule has 4 aliphatic rings. The SMILES string of the molecule is CC[Si](CC)(CC)O[C@H]1CC(=O)O[C@@H]([C@@H](C)O[Si](C)(C)C(C)(C)C)C[C@@H]2C/C(=C\C(=O)OC)[C@@H](OC(C)=O)[C@](OC)(O2)C(C)(C)/C=C/[C@H]2C/C(=C\C(=O)OC)C[C@@H](C[C@]3(OC)O[C@H](C1)C[C@H](OC(C)=O)C3(C)C)O2. The van der Waals surface area contributed by atoms with Crippen molar-refractivity contribution in [3.63, 3.8) is 0 Å². The lowest BCUT2D eigenvalue weighted by molar-refractivity contribution is -0.358. The summed E-state index contributed by atoms with van der Waals surface area (Å²) in [7, 11) is 0.678. The molecule has 422 valence electrons. The minimum absolute atomic E-state index is 0.0669. The van der Waals surface area contributed by atoms with Crippen LogP contribution in [0.25, 0.3) is 0 Å². The standard InChI is InChI=1S/C55H92O17Si2/c1-20-74(21-2,22-3)72-43-30-42-32-46(65-36(5)56)53(12,13)54(63-16,69-42)34-44-26-38(27-47(58)61-14)25-40(67-44)23-24-52(10,11)55(64-17)50(66-37(6)57)39(29-48(59)62-15)28-41(70-55)31-45(68-49(60)33-43)35(4)71-73(18,19)51(7,8)9/h23-24,27,29,35,40-46,50H,20-22,25-26,28,30-34H2,1-19H3/b24-23+,38-27+,39-29+/t35-,40+,41+,42-,43-,44+,45-,46+,50-,54+,55+/m1/s1. The van der Waals surface area contributed by atoms with Crippen molar-refractivity contribution in [1.82, 2.24) is 0 Å². The molecule has 4 rings (SSSR count). The fourth-order valence-electron chi connectivity index (χ4n) is 11.0. The zero-order valence-corrected chi connectivity index (χ0v) is 50.2. The summed E-state index contributed by atoms with van der Waals surface area (Å²) in [5.74, 6) is -6.09. The molecule has 4 heterocycles. The van der Waals surface area contributed by atoms with E-state index in [-0.39, 0.29) is 37.1 Å². The van der Waals surface area contributed by atoms with Gasteiger partial charge in [-0.3, -0.25) is 14.4 Å². The summed E-state index contributed by atoms with van der Waals surface area (Å²) < 4.78 is 77.7. The summed E-state index contributed by atoms with van der Waals surface area (Å²) in [4.78, 5) is 67.1. The minimum atomic E-state index is -2.50. The largest absolute Gasteiger partial charge is 0.466 e. The van der Waals surface area contributed by atoms with E-state index in [0.29, 0.717) is 24.8 Å². The molecule has 17 nitrogen and oxygen atoms in total. The molecule has 0 aliphatic carbocycles. The first kappa shape index (κ1) is 63.3. The summed E-state index contributed by atoms with van der Waals surface area (Å²) >= 11 is 0. The van der Waals surface area contributed by atoms with E-state index in [1.165, 1.54) is 47.3 Å². The second kappa shape index (κ2) is 25.5. The maximum atomic E-state index is 14.9. The number of esters is 5. The molecule has 3 saturated heterocycles. The van der Waals surface area contributed by atoms with Crippen LogP contribution in [0.15, 0.2) is 35.5 Å². The number of carbonyl (C=O) groups excluding carboxylic acids is 5. The van der Waals surface area contributed by atoms with Gasteiger partial charge >= 0.3 is 29.8 Å². The van der Waals surface area contributed by atoms with E-state index in [9.17, 15) is 24.0 Å². The van der Waals surface area contributed by atoms with Gasteiger partial charge in [0.1, 0.15) is 12.2 Å². The van der Waals surface area contributed by atoms with Gasteiger partial charge in [-0.15, -0.1) is 0 Å². The van der Waals surface area contributed by atoms with Gasteiger partial charge in [0.05, 0.1) is 62.7 Å². The summed E-state index contributed by atoms with van der Waals surface area (Å²) in [5, 5.41) is -0.198. The molecule has 74 heavy (non-hydrogen) atoms. The van der Waals surface area contributed by atoms with Gasteiger partial charge in [-0.05, 0) is 74.4 Å². The number of methoxy groups -OCH3 is 4. The van der Waals surface area contributed by atoms with Gasteiger partial charge in [0, 0.05) is 64.9 Å². The zero-order valence-electron chi connectivity index (χ0n) is 48.2. The van der Waals surface area contributed by atoms with Crippen molar-refractivity contribution in [2.45, 2.75) is 244 Å². The number of hydrogen-bond acceptors (Lipinski definition) is 17. The Morgan fingerprint density at radius 2 is 1.39 bits per heavy atom. The molecule has 0 amide bonds. The highest BCUT2D eigenvalue weighted by Gasteiger charge is 2.61. The number of carbonyl (C=O) groups is 5. The highest BCUT2D eigenvalue weighted by molar-refractivity contribution is 6.74. The monoisotopic (exact) mass is 1080 g/mol. The first-order valence-electron chi connectivity index (χ1n) is 26.6. The zero-order chi connectivity index (χ0) is 55.8. The Kier molecular flexibility index (Phi) is 21.8. The van der Waals surface area contributed by atoms with Crippen LogP contribution < -0.4 is 0 Å². The fraction of sp³-hybridized carbons (Fsp3) is 0.800. The molecule has 0 spiro atoms. The first-order valence-corrected chi connectivity index (χ1v) is 32.0. The van der Waals surface area contributed by atoms with Crippen LogP contribution >= 0.6 is 0 Å². The van der Waals surface area contributed by atoms with Gasteiger partial charge in [-0.1, -0.05) is 87.0 Å². The van der Waals surface area contributed by atoms with Crippen LogP contribution in [0.5, 0.6) is 0 Å². The molecule has 6 bridgehead atoms. The predicted molar refractivity (Wildman–Crippen MR) is 283 cm³/mol. The molecular weight excluding hydrogens is 989 g/mol. The Hall–Kier alpha value is -3.28. The Bertz CT molecular complexity index is 2050. The molecule has 0 radical (unpaired) electrons. The molecule has 19 heteroatoms. The van der Waals surface area contributed by atoms with Crippen molar-refractivity contribution in [3.05, 3.63) is 35.5 Å². The van der Waals surface area contributed by atoms with Crippen LogP contribution in [0.4, 0.5) is 0 Å². The van der Waals surface area contributed by atoms with E-state index in [1.54, 1.807) is 7.11 Å². The van der Waals surface area contributed by atoms with Crippen LogP contribution in [0, 0.1) is 10.8 Å². The highest BCUT2D eigenvalue weighted by atomic mass is 28.4. The summed E-state index contributed by atoms with van der Waals surface area (Å²) in [5.41, 5.74) is -1.03. The molecule has 4 aliphatic heterocycles. The van der Waals surface area contributed by atoms with E-state index in [0.717, 1.165) is 23.7 Å². The fourth-order valence-corrected chi connectivity index (χ4v) is 15.3. The maximum Gasteiger partial charge on any atom is 0.330 e. The molecule has 0 aromatic rings. The van der Waals surface area contributed by atoms with E-state index in [1.807, 2.05) is 46.8 Å². The molecule has 0 N–H and O–H groups in total. The number of rotatable bonds is 14. The van der Waals surface area contributed by atoms with Crippen molar-refractivity contribution < 1.29 is 80.2 Å². The van der Waals surface area contributed by atoms with Crippen molar-refractivity contribution in [2.75, 3.05) is 28.4 Å². The van der Waals surface area contributed by atoms with E-state index in [4.69, 9.17) is 56.2 Å². The minimum Gasteiger partial charge on any atom is -0.466 e. The molecule has 3 fully saturated rings.